The molecule has 0 N–H and O–H groups in total. The Balaban J connectivity index is 2.30. The fraction of sp³-hybridized carbons (Fsp3) is 0.636. The van der Waals surface area contributed by atoms with Crippen molar-refractivity contribution >= 4 is 33.0 Å². The first-order valence-corrected chi connectivity index (χ1v) is 8.65. The first-order chi connectivity index (χ1) is 8.55. The van der Waals surface area contributed by atoms with Crippen LogP contribution in [0.4, 0.5) is 0 Å². The molecule has 1 aromatic rings. The molecule has 0 aliphatic carbocycles. The summed E-state index contributed by atoms with van der Waals surface area (Å²) in [5.74, 6) is 0.228. The summed E-state index contributed by atoms with van der Waals surface area (Å²) in [6.45, 7) is 3.41. The smallest absolute Gasteiger partial charge is 0.244 e. The lowest BCUT2D eigenvalue weighted by atomic mass is 10.4. The standard InChI is InChI=1S/C11H16ClNO3S2/c1-9-8-13(4-2-5-16-9)18(14,15)11-3-6-17-10(11)7-12/h3,6,9H,2,4-5,7-8H2,1H3. The molecule has 18 heavy (non-hydrogen) atoms. The molecule has 0 bridgehead atoms. The number of alkyl halides is 1. The van der Waals surface area contributed by atoms with E-state index in [4.69, 9.17) is 16.3 Å². The van der Waals surface area contributed by atoms with E-state index >= 15 is 0 Å². The Hall–Kier alpha value is -0.140. The number of hydrogen-bond donors (Lipinski definition) is 0. The number of hydrogen-bond acceptors (Lipinski definition) is 4. The first-order valence-electron chi connectivity index (χ1n) is 5.80. The molecule has 0 amide bonds. The average Bonchev–Trinajstić information content (AvgIpc) is 2.71. The first kappa shape index (κ1) is 14.3. The van der Waals surface area contributed by atoms with Gasteiger partial charge in [-0.1, -0.05) is 0 Å². The number of ether oxygens (including phenoxy) is 1. The number of sulfonamides is 1. The molecule has 1 aromatic heterocycles. The number of rotatable bonds is 3. The van der Waals surface area contributed by atoms with Gasteiger partial charge < -0.3 is 4.74 Å². The van der Waals surface area contributed by atoms with Crippen LogP contribution in [0.1, 0.15) is 18.2 Å². The van der Waals surface area contributed by atoms with Crippen LogP contribution in [0.5, 0.6) is 0 Å². The maximum Gasteiger partial charge on any atom is 0.244 e. The van der Waals surface area contributed by atoms with Gasteiger partial charge in [0.1, 0.15) is 0 Å². The Morgan fingerprint density at radius 1 is 1.61 bits per heavy atom. The van der Waals surface area contributed by atoms with Gasteiger partial charge in [0.2, 0.25) is 10.0 Å². The molecule has 1 aliphatic rings. The second-order valence-electron chi connectivity index (χ2n) is 4.24. The summed E-state index contributed by atoms with van der Waals surface area (Å²) in [6.07, 6.45) is 0.657. The summed E-state index contributed by atoms with van der Waals surface area (Å²) in [6, 6.07) is 1.63. The van der Waals surface area contributed by atoms with Crippen molar-refractivity contribution in [3.05, 3.63) is 16.3 Å². The average molecular weight is 310 g/mol. The minimum atomic E-state index is -3.44. The molecule has 102 valence electrons. The van der Waals surface area contributed by atoms with Gasteiger partial charge in [-0.05, 0) is 24.8 Å². The molecular weight excluding hydrogens is 294 g/mol. The second kappa shape index (κ2) is 5.88. The lowest BCUT2D eigenvalue weighted by Gasteiger charge is -2.21. The maximum atomic E-state index is 12.5. The predicted octanol–water partition coefficient (Wildman–Crippen LogP) is 2.29. The van der Waals surface area contributed by atoms with E-state index in [2.05, 4.69) is 0 Å². The Labute approximate surface area is 117 Å². The van der Waals surface area contributed by atoms with Crippen LogP contribution in [0.3, 0.4) is 0 Å². The van der Waals surface area contributed by atoms with Crippen molar-refractivity contribution in [2.24, 2.45) is 0 Å². The minimum absolute atomic E-state index is 0.0691. The zero-order chi connectivity index (χ0) is 13.2. The van der Waals surface area contributed by atoms with E-state index in [0.717, 1.165) is 6.42 Å². The monoisotopic (exact) mass is 309 g/mol. The van der Waals surface area contributed by atoms with Gasteiger partial charge in [-0.25, -0.2) is 8.42 Å². The van der Waals surface area contributed by atoms with Crippen LogP contribution in [0.25, 0.3) is 0 Å². The summed E-state index contributed by atoms with van der Waals surface area (Å²) < 4.78 is 32.1. The second-order valence-corrected chi connectivity index (χ2v) is 7.41. The molecule has 0 radical (unpaired) electrons. The Bertz CT molecular complexity index is 500. The summed E-state index contributed by atoms with van der Waals surface area (Å²) in [4.78, 5) is 1.05. The maximum absolute atomic E-state index is 12.5. The van der Waals surface area contributed by atoms with E-state index in [1.165, 1.54) is 15.6 Å². The van der Waals surface area contributed by atoms with Crippen LogP contribution in [-0.2, 0) is 20.6 Å². The van der Waals surface area contributed by atoms with Gasteiger partial charge in [-0.3, -0.25) is 0 Å². The van der Waals surface area contributed by atoms with Gasteiger partial charge in [0.15, 0.2) is 0 Å². The molecule has 1 fully saturated rings. The van der Waals surface area contributed by atoms with E-state index in [0.29, 0.717) is 29.5 Å². The normalized spacial score (nSPS) is 22.9. The van der Waals surface area contributed by atoms with E-state index in [-0.39, 0.29) is 12.0 Å². The van der Waals surface area contributed by atoms with Crippen LogP contribution < -0.4 is 0 Å². The van der Waals surface area contributed by atoms with E-state index in [1.807, 2.05) is 6.92 Å². The highest BCUT2D eigenvalue weighted by Gasteiger charge is 2.30. The third-order valence-corrected chi connectivity index (χ3v) is 6.28. The lowest BCUT2D eigenvalue weighted by Crippen LogP contribution is -2.36. The van der Waals surface area contributed by atoms with Gasteiger partial charge >= 0.3 is 0 Å². The molecule has 2 heterocycles. The zero-order valence-corrected chi connectivity index (χ0v) is 12.5. The van der Waals surface area contributed by atoms with Crippen LogP contribution in [0.15, 0.2) is 16.3 Å². The Morgan fingerprint density at radius 3 is 3.11 bits per heavy atom. The highest BCUT2D eigenvalue weighted by molar-refractivity contribution is 7.89. The van der Waals surface area contributed by atoms with E-state index < -0.39 is 10.0 Å². The van der Waals surface area contributed by atoms with E-state index in [9.17, 15) is 8.42 Å². The van der Waals surface area contributed by atoms with Crippen molar-refractivity contribution < 1.29 is 13.2 Å². The molecule has 1 saturated heterocycles. The fourth-order valence-corrected chi connectivity index (χ4v) is 5.20. The van der Waals surface area contributed by atoms with Crippen LogP contribution in [0, 0.1) is 0 Å². The topological polar surface area (TPSA) is 46.6 Å². The van der Waals surface area contributed by atoms with Gasteiger partial charge in [-0.2, -0.15) is 4.31 Å². The van der Waals surface area contributed by atoms with Gasteiger partial charge in [0.05, 0.1) is 16.9 Å². The Morgan fingerprint density at radius 2 is 2.39 bits per heavy atom. The molecule has 0 spiro atoms. The van der Waals surface area contributed by atoms with E-state index in [1.54, 1.807) is 11.4 Å². The SMILES string of the molecule is CC1CN(S(=O)(=O)c2ccsc2CCl)CCCO1. The lowest BCUT2D eigenvalue weighted by molar-refractivity contribution is 0.0752. The van der Waals surface area contributed by atoms with Gasteiger partial charge in [-0.15, -0.1) is 22.9 Å². The molecule has 1 unspecified atom stereocenters. The molecule has 2 rings (SSSR count). The highest BCUT2D eigenvalue weighted by Crippen LogP contribution is 2.27. The predicted molar refractivity (Wildman–Crippen MR) is 72.7 cm³/mol. The third kappa shape index (κ3) is 2.88. The molecular formula is C11H16ClNO3S2. The number of nitrogens with zero attached hydrogens (tertiary/aromatic N) is 1. The molecule has 0 aromatic carbocycles. The van der Waals surface area contributed by atoms with Crippen molar-refractivity contribution in [2.45, 2.75) is 30.2 Å². The van der Waals surface area contributed by atoms with Crippen molar-refractivity contribution in [1.82, 2.24) is 4.31 Å². The Kier molecular flexibility index (Phi) is 4.66. The molecule has 0 saturated carbocycles. The van der Waals surface area contributed by atoms with Crippen molar-refractivity contribution in [1.29, 1.82) is 0 Å². The molecule has 4 nitrogen and oxygen atoms in total. The summed E-state index contributed by atoms with van der Waals surface area (Å²) in [7, 11) is -3.44. The fourth-order valence-electron chi connectivity index (χ4n) is 1.97. The number of thiophene rings is 1. The van der Waals surface area contributed by atoms with Crippen LogP contribution >= 0.6 is 22.9 Å². The summed E-state index contributed by atoms with van der Waals surface area (Å²) in [5.41, 5.74) is 0. The summed E-state index contributed by atoms with van der Waals surface area (Å²) in [5, 5.41) is 1.77. The summed E-state index contributed by atoms with van der Waals surface area (Å²) >= 11 is 7.16. The van der Waals surface area contributed by atoms with Crippen molar-refractivity contribution in [2.75, 3.05) is 19.7 Å². The van der Waals surface area contributed by atoms with Crippen LogP contribution in [0.2, 0.25) is 0 Å². The van der Waals surface area contributed by atoms with Gasteiger partial charge in [0.25, 0.3) is 0 Å². The molecule has 7 heteroatoms. The highest BCUT2D eigenvalue weighted by atomic mass is 35.5. The number of halogens is 1. The van der Waals surface area contributed by atoms with Gasteiger partial charge in [0, 0.05) is 24.6 Å². The molecule has 1 aliphatic heterocycles. The largest absolute Gasteiger partial charge is 0.377 e. The van der Waals surface area contributed by atoms with Crippen LogP contribution in [-0.4, -0.2) is 38.5 Å². The quantitative estimate of drug-likeness (QED) is 0.805. The zero-order valence-electron chi connectivity index (χ0n) is 10.1. The molecule has 1 atom stereocenters. The van der Waals surface area contributed by atoms with Crippen molar-refractivity contribution in [3.63, 3.8) is 0 Å². The third-order valence-electron chi connectivity index (χ3n) is 2.86. The minimum Gasteiger partial charge on any atom is -0.377 e. The van der Waals surface area contributed by atoms with Crippen molar-refractivity contribution in [3.8, 4) is 0 Å².